The highest BCUT2D eigenvalue weighted by molar-refractivity contribution is 5.82. The molecule has 0 atom stereocenters. The van der Waals surface area contributed by atoms with Crippen molar-refractivity contribution < 1.29 is 4.79 Å². The number of nitrogens with one attached hydrogen (secondary N) is 2. The van der Waals surface area contributed by atoms with Crippen molar-refractivity contribution in [2.45, 2.75) is 19.8 Å². The van der Waals surface area contributed by atoms with Crippen LogP contribution in [0.15, 0.2) is 18.6 Å². The summed E-state index contributed by atoms with van der Waals surface area (Å²) in [7, 11) is 0. The number of hydrogen-bond acceptors (Lipinski definition) is 5. The minimum atomic E-state index is 0.118. The molecule has 3 heterocycles. The van der Waals surface area contributed by atoms with Crippen molar-refractivity contribution >= 4 is 23.2 Å². The SMILES string of the molecule is CCNc1cn2ccnc2c(NCC(=O)N2CCCC2)n1. The Morgan fingerprint density at radius 2 is 2.14 bits per heavy atom. The van der Waals surface area contributed by atoms with Gasteiger partial charge in [-0.1, -0.05) is 0 Å². The van der Waals surface area contributed by atoms with Crippen molar-refractivity contribution in [1.82, 2.24) is 19.3 Å². The fraction of sp³-hybridized carbons (Fsp3) is 0.500. The zero-order valence-electron chi connectivity index (χ0n) is 12.2. The Bertz CT molecular complexity index is 631. The van der Waals surface area contributed by atoms with Crippen molar-refractivity contribution in [3.8, 4) is 0 Å². The Balaban J connectivity index is 1.75. The third-order valence-electron chi connectivity index (χ3n) is 3.60. The molecule has 21 heavy (non-hydrogen) atoms. The van der Waals surface area contributed by atoms with Crippen molar-refractivity contribution in [2.75, 3.05) is 36.8 Å². The Morgan fingerprint density at radius 1 is 1.33 bits per heavy atom. The zero-order chi connectivity index (χ0) is 14.7. The monoisotopic (exact) mass is 288 g/mol. The second-order valence-electron chi connectivity index (χ2n) is 5.10. The van der Waals surface area contributed by atoms with Gasteiger partial charge in [0.05, 0.1) is 12.7 Å². The number of likely N-dealkylation sites (tertiary alicyclic amines) is 1. The summed E-state index contributed by atoms with van der Waals surface area (Å²) in [6.07, 6.45) is 7.68. The summed E-state index contributed by atoms with van der Waals surface area (Å²) in [5, 5.41) is 6.30. The van der Waals surface area contributed by atoms with E-state index in [0.29, 0.717) is 5.82 Å². The highest BCUT2D eigenvalue weighted by Gasteiger charge is 2.18. The average molecular weight is 288 g/mol. The molecule has 1 amide bonds. The van der Waals surface area contributed by atoms with Crippen LogP contribution in [0.25, 0.3) is 5.65 Å². The van der Waals surface area contributed by atoms with Gasteiger partial charge in [0.1, 0.15) is 5.82 Å². The van der Waals surface area contributed by atoms with E-state index in [4.69, 9.17) is 0 Å². The van der Waals surface area contributed by atoms with Crippen molar-refractivity contribution in [3.05, 3.63) is 18.6 Å². The predicted octanol–water partition coefficient (Wildman–Crippen LogP) is 1.20. The molecule has 0 aromatic carbocycles. The molecule has 2 aromatic rings. The Labute approximate surface area is 123 Å². The number of anilines is 2. The summed E-state index contributed by atoms with van der Waals surface area (Å²) >= 11 is 0. The number of fused-ring (bicyclic) bond motifs is 1. The molecule has 1 aliphatic rings. The summed E-state index contributed by atoms with van der Waals surface area (Å²) in [6, 6.07) is 0. The van der Waals surface area contributed by atoms with Gasteiger partial charge in [0.2, 0.25) is 5.91 Å². The van der Waals surface area contributed by atoms with Gasteiger partial charge in [-0.3, -0.25) is 4.79 Å². The maximum absolute atomic E-state index is 12.1. The van der Waals surface area contributed by atoms with E-state index in [0.717, 1.165) is 43.9 Å². The fourth-order valence-corrected chi connectivity index (χ4v) is 2.55. The minimum absolute atomic E-state index is 0.118. The molecule has 0 unspecified atom stereocenters. The van der Waals surface area contributed by atoms with Gasteiger partial charge in [0.15, 0.2) is 11.5 Å². The lowest BCUT2D eigenvalue weighted by Crippen LogP contribution is -2.33. The molecule has 1 saturated heterocycles. The van der Waals surface area contributed by atoms with Crippen LogP contribution in [0.5, 0.6) is 0 Å². The normalized spacial score (nSPS) is 14.6. The lowest BCUT2D eigenvalue weighted by atomic mass is 10.4. The van der Waals surface area contributed by atoms with E-state index in [9.17, 15) is 4.79 Å². The smallest absolute Gasteiger partial charge is 0.241 e. The average Bonchev–Trinajstić information content (AvgIpc) is 3.15. The summed E-state index contributed by atoms with van der Waals surface area (Å²) in [6.45, 7) is 4.79. The van der Waals surface area contributed by atoms with Crippen LogP contribution in [0.1, 0.15) is 19.8 Å². The highest BCUT2D eigenvalue weighted by atomic mass is 16.2. The summed E-state index contributed by atoms with van der Waals surface area (Å²) in [5.41, 5.74) is 0.728. The van der Waals surface area contributed by atoms with Crippen LogP contribution in [0, 0.1) is 0 Å². The molecular weight excluding hydrogens is 268 g/mol. The zero-order valence-corrected chi connectivity index (χ0v) is 12.2. The van der Waals surface area contributed by atoms with Gasteiger partial charge in [-0.15, -0.1) is 0 Å². The Kier molecular flexibility index (Phi) is 3.89. The first-order chi connectivity index (χ1) is 10.3. The molecule has 0 bridgehead atoms. The molecule has 0 saturated carbocycles. The summed E-state index contributed by atoms with van der Waals surface area (Å²) < 4.78 is 1.90. The van der Waals surface area contributed by atoms with E-state index >= 15 is 0 Å². The molecule has 2 N–H and O–H groups in total. The Morgan fingerprint density at radius 3 is 2.90 bits per heavy atom. The first-order valence-electron chi connectivity index (χ1n) is 7.37. The number of imidazole rings is 1. The van der Waals surface area contributed by atoms with Gasteiger partial charge in [-0.2, -0.15) is 0 Å². The molecule has 112 valence electrons. The van der Waals surface area contributed by atoms with Crippen molar-refractivity contribution in [3.63, 3.8) is 0 Å². The third kappa shape index (κ3) is 2.91. The maximum Gasteiger partial charge on any atom is 0.241 e. The topological polar surface area (TPSA) is 74.6 Å². The fourth-order valence-electron chi connectivity index (χ4n) is 2.55. The van der Waals surface area contributed by atoms with Crippen LogP contribution < -0.4 is 10.6 Å². The molecule has 7 nitrogen and oxygen atoms in total. The Hall–Kier alpha value is -2.31. The van der Waals surface area contributed by atoms with Crippen LogP contribution >= 0.6 is 0 Å². The van der Waals surface area contributed by atoms with Gasteiger partial charge >= 0.3 is 0 Å². The highest BCUT2D eigenvalue weighted by Crippen LogP contribution is 2.16. The van der Waals surface area contributed by atoms with E-state index in [1.165, 1.54) is 0 Å². The van der Waals surface area contributed by atoms with Gasteiger partial charge in [0, 0.05) is 32.0 Å². The van der Waals surface area contributed by atoms with Crippen molar-refractivity contribution in [1.29, 1.82) is 0 Å². The number of rotatable bonds is 5. The number of carbonyl (C=O) groups excluding carboxylic acids is 1. The number of aromatic nitrogens is 3. The first kappa shape index (κ1) is 13.7. The van der Waals surface area contributed by atoms with Gasteiger partial charge in [-0.05, 0) is 19.8 Å². The van der Waals surface area contributed by atoms with Gasteiger partial charge in [-0.25, -0.2) is 9.97 Å². The second-order valence-corrected chi connectivity index (χ2v) is 5.10. The number of hydrogen-bond donors (Lipinski definition) is 2. The standard InChI is InChI=1S/C14H20N6O/c1-2-15-11-10-20-8-5-16-14(20)13(18-11)17-9-12(21)19-6-3-4-7-19/h5,8,10,15H,2-4,6-7,9H2,1H3,(H,17,18). The second kappa shape index (κ2) is 5.99. The van der Waals surface area contributed by atoms with E-state index in [-0.39, 0.29) is 12.5 Å². The lowest BCUT2D eigenvalue weighted by Gasteiger charge is -2.16. The van der Waals surface area contributed by atoms with Crippen LogP contribution in [-0.4, -0.2) is 51.4 Å². The number of carbonyl (C=O) groups is 1. The largest absolute Gasteiger partial charge is 0.369 e. The summed E-state index contributed by atoms with van der Waals surface area (Å²) in [5.74, 6) is 1.51. The van der Waals surface area contributed by atoms with Gasteiger partial charge < -0.3 is 19.9 Å². The molecule has 1 aliphatic heterocycles. The molecule has 0 aliphatic carbocycles. The van der Waals surface area contributed by atoms with Crippen LogP contribution in [0.2, 0.25) is 0 Å². The molecule has 2 aromatic heterocycles. The maximum atomic E-state index is 12.1. The van der Waals surface area contributed by atoms with Crippen LogP contribution in [-0.2, 0) is 4.79 Å². The lowest BCUT2D eigenvalue weighted by molar-refractivity contribution is -0.128. The quantitative estimate of drug-likeness (QED) is 0.864. The van der Waals surface area contributed by atoms with E-state index in [1.54, 1.807) is 6.20 Å². The molecule has 7 heteroatoms. The summed E-state index contributed by atoms with van der Waals surface area (Å²) in [4.78, 5) is 22.8. The molecule has 0 radical (unpaired) electrons. The molecule has 0 spiro atoms. The minimum Gasteiger partial charge on any atom is -0.369 e. The number of amides is 1. The van der Waals surface area contributed by atoms with E-state index in [1.807, 2.05) is 28.6 Å². The van der Waals surface area contributed by atoms with E-state index in [2.05, 4.69) is 20.6 Å². The molecule has 3 rings (SSSR count). The third-order valence-corrected chi connectivity index (χ3v) is 3.60. The van der Waals surface area contributed by atoms with Crippen LogP contribution in [0.4, 0.5) is 11.6 Å². The number of nitrogens with zero attached hydrogens (tertiary/aromatic N) is 4. The first-order valence-corrected chi connectivity index (χ1v) is 7.37. The molecular formula is C14H20N6O. The molecule has 1 fully saturated rings. The predicted molar refractivity (Wildman–Crippen MR) is 81.5 cm³/mol. The van der Waals surface area contributed by atoms with E-state index < -0.39 is 0 Å². The van der Waals surface area contributed by atoms with Crippen LogP contribution in [0.3, 0.4) is 0 Å². The van der Waals surface area contributed by atoms with Crippen molar-refractivity contribution in [2.24, 2.45) is 0 Å². The van der Waals surface area contributed by atoms with Gasteiger partial charge in [0.25, 0.3) is 0 Å².